The van der Waals surface area contributed by atoms with Gasteiger partial charge in [0.2, 0.25) is 6.10 Å². The molecule has 1 rings (SSSR count). The first-order valence-corrected chi connectivity index (χ1v) is 10.1. The zero-order chi connectivity index (χ0) is 25.8. The fraction of sp³-hybridized carbons (Fsp3) is 0.455. The quantitative estimate of drug-likeness (QED) is 0.353. The summed E-state index contributed by atoms with van der Waals surface area (Å²) in [6, 6.07) is 8.08. The van der Waals surface area contributed by atoms with E-state index in [9.17, 15) is 28.8 Å². The molecule has 0 aliphatic carbocycles. The zero-order valence-electron chi connectivity index (χ0n) is 19.4. The number of hydrogen-bond acceptors (Lipinski definition) is 11. The molecule has 0 radical (unpaired) electrons. The van der Waals surface area contributed by atoms with E-state index in [0.29, 0.717) is 5.69 Å². The summed E-state index contributed by atoms with van der Waals surface area (Å²) in [5.74, 6) is -5.29. The van der Waals surface area contributed by atoms with Gasteiger partial charge in [0.25, 0.3) is 5.91 Å². The average molecular weight is 481 g/mol. The van der Waals surface area contributed by atoms with Crippen LogP contribution in [0.5, 0.6) is 0 Å². The van der Waals surface area contributed by atoms with E-state index in [0.717, 1.165) is 34.6 Å². The van der Waals surface area contributed by atoms with Crippen molar-refractivity contribution in [1.82, 2.24) is 0 Å². The van der Waals surface area contributed by atoms with Gasteiger partial charge in [0, 0.05) is 40.3 Å². The molecule has 12 nitrogen and oxygen atoms in total. The predicted octanol–water partition coefficient (Wildman–Crippen LogP) is 0.915. The summed E-state index contributed by atoms with van der Waals surface area (Å²) in [6.45, 7) is 4.54. The standard InChI is InChI=1S/C22H27NO11/c1-12(24)30-11-18(31-13(2)25)19(32-14(3)26)20(33-15(4)27)21(34-16(5)28)22(29)23-17-9-7-6-8-10-17/h6-10,18-21H,11H2,1-5H3,(H,23,29)/t18-,19+,20+,21+/m1/s1. The van der Waals surface area contributed by atoms with Gasteiger partial charge in [0.15, 0.2) is 18.3 Å². The molecule has 4 atom stereocenters. The monoisotopic (exact) mass is 481 g/mol. The van der Waals surface area contributed by atoms with Gasteiger partial charge in [-0.3, -0.25) is 28.8 Å². The van der Waals surface area contributed by atoms with Crippen molar-refractivity contribution in [2.24, 2.45) is 0 Å². The molecular weight excluding hydrogens is 454 g/mol. The van der Waals surface area contributed by atoms with Crippen LogP contribution in [0.15, 0.2) is 30.3 Å². The largest absolute Gasteiger partial charge is 0.462 e. The fourth-order valence-electron chi connectivity index (χ4n) is 2.83. The van der Waals surface area contributed by atoms with Gasteiger partial charge in [0.05, 0.1) is 0 Å². The van der Waals surface area contributed by atoms with E-state index in [-0.39, 0.29) is 0 Å². The predicted molar refractivity (Wildman–Crippen MR) is 114 cm³/mol. The lowest BCUT2D eigenvalue weighted by Crippen LogP contribution is -2.56. The number of benzene rings is 1. The van der Waals surface area contributed by atoms with E-state index >= 15 is 0 Å². The molecule has 1 amide bonds. The number of para-hydroxylation sites is 1. The van der Waals surface area contributed by atoms with Crippen molar-refractivity contribution in [2.75, 3.05) is 11.9 Å². The summed E-state index contributed by atoms with van der Waals surface area (Å²) in [5.41, 5.74) is 0.326. The molecule has 0 unspecified atom stereocenters. The molecule has 186 valence electrons. The molecular formula is C22H27NO11. The second-order valence-electron chi connectivity index (χ2n) is 6.98. The van der Waals surface area contributed by atoms with Crippen molar-refractivity contribution in [3.8, 4) is 0 Å². The average Bonchev–Trinajstić information content (AvgIpc) is 2.72. The summed E-state index contributed by atoms with van der Waals surface area (Å²) in [6.07, 6.45) is -6.84. The molecule has 0 bridgehead atoms. The van der Waals surface area contributed by atoms with Crippen molar-refractivity contribution in [3.63, 3.8) is 0 Å². The molecule has 0 fully saturated rings. The minimum absolute atomic E-state index is 0.326. The molecule has 1 N–H and O–H groups in total. The molecule has 0 aliphatic heterocycles. The van der Waals surface area contributed by atoms with E-state index in [2.05, 4.69) is 5.32 Å². The maximum Gasteiger partial charge on any atom is 0.303 e. The smallest absolute Gasteiger partial charge is 0.303 e. The van der Waals surface area contributed by atoms with Crippen molar-refractivity contribution in [2.45, 2.75) is 59.0 Å². The number of rotatable bonds is 11. The Hall–Kier alpha value is -3.96. The van der Waals surface area contributed by atoms with Crippen molar-refractivity contribution < 1.29 is 52.5 Å². The Morgan fingerprint density at radius 1 is 0.676 bits per heavy atom. The maximum absolute atomic E-state index is 13.1. The Bertz CT molecular complexity index is 899. The van der Waals surface area contributed by atoms with Crippen LogP contribution >= 0.6 is 0 Å². The first-order chi connectivity index (χ1) is 15.9. The van der Waals surface area contributed by atoms with Crippen LogP contribution in [0, 0.1) is 0 Å². The maximum atomic E-state index is 13.1. The highest BCUT2D eigenvalue weighted by molar-refractivity contribution is 5.96. The Labute approximate surface area is 195 Å². The van der Waals surface area contributed by atoms with Gasteiger partial charge in [-0.05, 0) is 12.1 Å². The molecule has 0 aliphatic rings. The Morgan fingerprint density at radius 2 is 1.18 bits per heavy atom. The molecule has 0 aromatic heterocycles. The van der Waals surface area contributed by atoms with Crippen LogP contribution in [0.3, 0.4) is 0 Å². The van der Waals surface area contributed by atoms with Crippen LogP contribution in [0.2, 0.25) is 0 Å². The molecule has 0 heterocycles. The molecule has 1 aromatic rings. The van der Waals surface area contributed by atoms with Crippen molar-refractivity contribution in [3.05, 3.63) is 30.3 Å². The van der Waals surface area contributed by atoms with E-state index in [1.54, 1.807) is 30.3 Å². The normalized spacial score (nSPS) is 13.8. The second kappa shape index (κ2) is 13.6. The van der Waals surface area contributed by atoms with Gasteiger partial charge in [-0.15, -0.1) is 0 Å². The number of carbonyl (C=O) groups is 6. The van der Waals surface area contributed by atoms with Gasteiger partial charge < -0.3 is 29.0 Å². The van der Waals surface area contributed by atoms with Gasteiger partial charge in [-0.1, -0.05) is 18.2 Å². The van der Waals surface area contributed by atoms with Crippen LogP contribution in [-0.2, 0) is 52.5 Å². The summed E-state index contributed by atoms with van der Waals surface area (Å²) >= 11 is 0. The Balaban J connectivity index is 3.50. The minimum Gasteiger partial charge on any atom is -0.462 e. The van der Waals surface area contributed by atoms with Crippen LogP contribution < -0.4 is 5.32 Å². The molecule has 0 spiro atoms. The first kappa shape index (κ1) is 28.1. The second-order valence-corrected chi connectivity index (χ2v) is 6.98. The number of ether oxygens (including phenoxy) is 5. The highest BCUT2D eigenvalue weighted by Crippen LogP contribution is 2.21. The lowest BCUT2D eigenvalue weighted by Gasteiger charge is -2.34. The summed E-state index contributed by atoms with van der Waals surface area (Å²) in [5, 5.41) is 2.50. The summed E-state index contributed by atoms with van der Waals surface area (Å²) in [4.78, 5) is 71.6. The van der Waals surface area contributed by atoms with Gasteiger partial charge >= 0.3 is 29.8 Å². The Kier molecular flexibility index (Phi) is 11.2. The highest BCUT2D eigenvalue weighted by atomic mass is 16.6. The number of esters is 5. The zero-order valence-corrected chi connectivity index (χ0v) is 19.4. The van der Waals surface area contributed by atoms with Crippen LogP contribution in [0.25, 0.3) is 0 Å². The van der Waals surface area contributed by atoms with Crippen molar-refractivity contribution in [1.29, 1.82) is 0 Å². The van der Waals surface area contributed by atoms with Crippen LogP contribution in [0.1, 0.15) is 34.6 Å². The molecule has 1 aromatic carbocycles. The van der Waals surface area contributed by atoms with Crippen LogP contribution in [0.4, 0.5) is 5.69 Å². The number of nitrogens with one attached hydrogen (secondary N) is 1. The SMILES string of the molecule is CC(=O)OC[C@@H](OC(C)=O)[C@H](OC(C)=O)[C@H](OC(C)=O)[C@H](OC(C)=O)C(=O)Nc1ccccc1. The van der Waals surface area contributed by atoms with E-state index < -0.39 is 66.8 Å². The third kappa shape index (κ3) is 10.1. The van der Waals surface area contributed by atoms with Crippen LogP contribution in [-0.4, -0.2) is 66.8 Å². The topological polar surface area (TPSA) is 161 Å². The lowest BCUT2D eigenvalue weighted by molar-refractivity contribution is -0.202. The first-order valence-electron chi connectivity index (χ1n) is 10.1. The Morgan fingerprint density at radius 3 is 1.65 bits per heavy atom. The fourth-order valence-corrected chi connectivity index (χ4v) is 2.83. The van der Waals surface area contributed by atoms with Gasteiger partial charge in [-0.25, -0.2) is 0 Å². The molecule has 34 heavy (non-hydrogen) atoms. The number of anilines is 1. The number of carbonyl (C=O) groups excluding carboxylic acids is 6. The van der Waals surface area contributed by atoms with Gasteiger partial charge in [-0.2, -0.15) is 0 Å². The third-order valence-corrected chi connectivity index (χ3v) is 3.95. The number of amides is 1. The van der Waals surface area contributed by atoms with E-state index in [4.69, 9.17) is 23.7 Å². The van der Waals surface area contributed by atoms with E-state index in [1.807, 2.05) is 0 Å². The minimum atomic E-state index is -1.85. The summed E-state index contributed by atoms with van der Waals surface area (Å²) in [7, 11) is 0. The third-order valence-electron chi connectivity index (χ3n) is 3.95. The summed E-state index contributed by atoms with van der Waals surface area (Å²) < 4.78 is 25.6. The number of hydrogen-bond donors (Lipinski definition) is 1. The van der Waals surface area contributed by atoms with E-state index in [1.165, 1.54) is 0 Å². The molecule has 0 saturated carbocycles. The molecule has 12 heteroatoms. The van der Waals surface area contributed by atoms with Crippen molar-refractivity contribution >= 4 is 41.4 Å². The molecule has 0 saturated heterocycles. The van der Waals surface area contributed by atoms with Gasteiger partial charge in [0.1, 0.15) is 6.61 Å². The highest BCUT2D eigenvalue weighted by Gasteiger charge is 2.47. The lowest BCUT2D eigenvalue weighted by atomic mass is 10.0.